The van der Waals surface area contributed by atoms with E-state index in [0.717, 1.165) is 6.54 Å². The Kier molecular flexibility index (Phi) is 3.15. The van der Waals surface area contributed by atoms with Gasteiger partial charge in [0.25, 0.3) is 0 Å². The summed E-state index contributed by atoms with van der Waals surface area (Å²) in [4.78, 5) is 3.44. The molecule has 0 spiro atoms. The summed E-state index contributed by atoms with van der Waals surface area (Å²) in [6.07, 6.45) is -0.0921. The normalized spacial score (nSPS) is 28.4. The van der Waals surface area contributed by atoms with E-state index in [2.05, 4.69) is 16.3 Å². The second-order valence-corrected chi connectivity index (χ2v) is 4.76. The largest absolute Gasteiger partial charge is 0.329 e. The van der Waals surface area contributed by atoms with Crippen molar-refractivity contribution in [3.8, 4) is 0 Å². The number of halogens is 1. The zero-order chi connectivity index (χ0) is 9.97. The molecule has 0 amide bonds. The fourth-order valence-electron chi connectivity index (χ4n) is 1.96. The Labute approximate surface area is 87.5 Å². The molecule has 4 heteroatoms. The zero-order valence-corrected chi connectivity index (χ0v) is 8.84. The van der Waals surface area contributed by atoms with Crippen LogP contribution < -0.4 is 5.73 Å². The predicted molar refractivity (Wildman–Crippen MR) is 57.1 cm³/mol. The Morgan fingerprint density at radius 2 is 2.50 bits per heavy atom. The lowest BCUT2D eigenvalue weighted by Gasteiger charge is -2.21. The summed E-state index contributed by atoms with van der Waals surface area (Å²) in [5.74, 6) is 0. The molecule has 78 valence electrons. The van der Waals surface area contributed by atoms with Crippen molar-refractivity contribution in [2.75, 3.05) is 13.1 Å². The lowest BCUT2D eigenvalue weighted by atomic mass is 10.2. The van der Waals surface area contributed by atoms with E-state index in [9.17, 15) is 4.39 Å². The van der Waals surface area contributed by atoms with Gasteiger partial charge in [-0.15, -0.1) is 11.3 Å². The molecule has 0 bridgehead atoms. The van der Waals surface area contributed by atoms with Crippen molar-refractivity contribution < 1.29 is 4.39 Å². The first-order valence-corrected chi connectivity index (χ1v) is 5.78. The molecule has 2 heterocycles. The van der Waals surface area contributed by atoms with Gasteiger partial charge in [-0.05, 0) is 17.9 Å². The molecule has 0 radical (unpaired) electrons. The maximum Gasteiger partial charge on any atom is 0.114 e. The highest BCUT2D eigenvalue weighted by Gasteiger charge is 2.30. The molecule has 0 saturated carbocycles. The fraction of sp³-hybridized carbons (Fsp3) is 0.600. The first kappa shape index (κ1) is 10.1. The molecule has 1 saturated heterocycles. The molecular formula is C10H15FN2S. The Morgan fingerprint density at radius 1 is 1.64 bits per heavy atom. The van der Waals surface area contributed by atoms with Crippen molar-refractivity contribution in [2.24, 2.45) is 5.73 Å². The molecule has 1 aliphatic heterocycles. The van der Waals surface area contributed by atoms with Crippen molar-refractivity contribution in [1.82, 2.24) is 4.90 Å². The molecule has 1 fully saturated rings. The highest BCUT2D eigenvalue weighted by molar-refractivity contribution is 7.09. The van der Waals surface area contributed by atoms with Crippen LogP contribution in [0.4, 0.5) is 4.39 Å². The van der Waals surface area contributed by atoms with Crippen LogP contribution in [0.1, 0.15) is 11.3 Å². The molecule has 0 unspecified atom stereocenters. The quantitative estimate of drug-likeness (QED) is 0.828. The van der Waals surface area contributed by atoms with Crippen LogP contribution in [-0.2, 0) is 6.54 Å². The second kappa shape index (κ2) is 4.38. The third-order valence-electron chi connectivity index (χ3n) is 2.69. The maximum absolute atomic E-state index is 13.1. The minimum atomic E-state index is -0.691. The molecule has 14 heavy (non-hydrogen) atoms. The average molecular weight is 214 g/mol. The second-order valence-electron chi connectivity index (χ2n) is 3.73. The summed E-state index contributed by atoms with van der Waals surface area (Å²) >= 11 is 1.72. The molecular weight excluding hydrogens is 199 g/mol. The minimum absolute atomic E-state index is 0.229. The van der Waals surface area contributed by atoms with Gasteiger partial charge in [0.1, 0.15) is 6.17 Å². The van der Waals surface area contributed by atoms with Gasteiger partial charge in [0.2, 0.25) is 0 Å². The highest BCUT2D eigenvalue weighted by atomic mass is 32.1. The highest BCUT2D eigenvalue weighted by Crippen LogP contribution is 2.23. The van der Waals surface area contributed by atoms with Crippen molar-refractivity contribution in [3.63, 3.8) is 0 Å². The van der Waals surface area contributed by atoms with Gasteiger partial charge >= 0.3 is 0 Å². The van der Waals surface area contributed by atoms with Crippen LogP contribution in [0, 0.1) is 0 Å². The van der Waals surface area contributed by atoms with Crippen molar-refractivity contribution >= 4 is 11.3 Å². The smallest absolute Gasteiger partial charge is 0.114 e. The SMILES string of the molecule is NC[C@@H]1C[C@H](F)CN1Cc1cccs1. The van der Waals surface area contributed by atoms with Crippen LogP contribution in [0.5, 0.6) is 0 Å². The summed E-state index contributed by atoms with van der Waals surface area (Å²) in [5.41, 5.74) is 5.61. The third kappa shape index (κ3) is 2.13. The monoisotopic (exact) mass is 214 g/mol. The standard InChI is InChI=1S/C10H15FN2S/c11-8-4-9(5-12)13(6-8)7-10-2-1-3-14-10/h1-3,8-9H,4-7,12H2/t8-,9-/m0/s1. The predicted octanol–water partition coefficient (Wildman–Crippen LogP) is 1.62. The number of nitrogens with two attached hydrogens (primary N) is 1. The van der Waals surface area contributed by atoms with Gasteiger partial charge in [0, 0.05) is 30.6 Å². The summed E-state index contributed by atoms with van der Waals surface area (Å²) in [7, 11) is 0. The molecule has 2 nitrogen and oxygen atoms in total. The number of thiophene rings is 1. The van der Waals surface area contributed by atoms with E-state index in [1.807, 2.05) is 6.07 Å². The van der Waals surface area contributed by atoms with Gasteiger partial charge < -0.3 is 5.73 Å². The van der Waals surface area contributed by atoms with E-state index in [1.54, 1.807) is 11.3 Å². The molecule has 2 N–H and O–H groups in total. The van der Waals surface area contributed by atoms with Crippen molar-refractivity contribution in [1.29, 1.82) is 0 Å². The van der Waals surface area contributed by atoms with E-state index in [0.29, 0.717) is 19.5 Å². The van der Waals surface area contributed by atoms with Crippen LogP contribution in [0.2, 0.25) is 0 Å². The lowest BCUT2D eigenvalue weighted by molar-refractivity contribution is 0.240. The van der Waals surface area contributed by atoms with Gasteiger partial charge in [-0.2, -0.15) is 0 Å². The summed E-state index contributed by atoms with van der Waals surface area (Å²) < 4.78 is 13.1. The van der Waals surface area contributed by atoms with Crippen LogP contribution >= 0.6 is 11.3 Å². The molecule has 1 aromatic rings. The Hall–Kier alpha value is -0.450. The van der Waals surface area contributed by atoms with Gasteiger partial charge in [-0.25, -0.2) is 4.39 Å². The third-order valence-corrected chi connectivity index (χ3v) is 3.55. The van der Waals surface area contributed by atoms with Crippen LogP contribution in [0.25, 0.3) is 0 Å². The number of rotatable bonds is 3. The van der Waals surface area contributed by atoms with Crippen molar-refractivity contribution in [3.05, 3.63) is 22.4 Å². The number of hydrogen-bond acceptors (Lipinski definition) is 3. The topological polar surface area (TPSA) is 29.3 Å². The summed E-state index contributed by atoms with van der Waals surface area (Å²) in [6, 6.07) is 4.34. The summed E-state index contributed by atoms with van der Waals surface area (Å²) in [5, 5.41) is 2.05. The zero-order valence-electron chi connectivity index (χ0n) is 8.03. The van der Waals surface area contributed by atoms with E-state index in [4.69, 9.17) is 5.73 Å². The number of likely N-dealkylation sites (tertiary alicyclic amines) is 1. The van der Waals surface area contributed by atoms with E-state index >= 15 is 0 Å². The van der Waals surface area contributed by atoms with Gasteiger partial charge in [0.05, 0.1) is 0 Å². The average Bonchev–Trinajstić information content (AvgIpc) is 2.76. The number of alkyl halides is 1. The minimum Gasteiger partial charge on any atom is -0.329 e. The van der Waals surface area contributed by atoms with E-state index < -0.39 is 6.17 Å². The van der Waals surface area contributed by atoms with Crippen LogP contribution in [0.15, 0.2) is 17.5 Å². The van der Waals surface area contributed by atoms with E-state index in [1.165, 1.54) is 4.88 Å². The number of nitrogens with zero attached hydrogens (tertiary/aromatic N) is 1. The molecule has 0 aliphatic carbocycles. The number of hydrogen-bond donors (Lipinski definition) is 1. The lowest BCUT2D eigenvalue weighted by Crippen LogP contribution is -2.34. The first-order valence-electron chi connectivity index (χ1n) is 4.90. The molecule has 2 rings (SSSR count). The van der Waals surface area contributed by atoms with Crippen molar-refractivity contribution in [2.45, 2.75) is 25.2 Å². The molecule has 1 aliphatic rings. The Balaban J connectivity index is 1.97. The van der Waals surface area contributed by atoms with Gasteiger partial charge in [0.15, 0.2) is 0 Å². The maximum atomic E-state index is 13.1. The molecule has 1 aromatic heterocycles. The van der Waals surface area contributed by atoms with Gasteiger partial charge in [-0.3, -0.25) is 4.90 Å². The van der Waals surface area contributed by atoms with Gasteiger partial charge in [-0.1, -0.05) is 6.07 Å². The Bertz CT molecular complexity index is 276. The van der Waals surface area contributed by atoms with Crippen LogP contribution in [-0.4, -0.2) is 30.2 Å². The summed E-state index contributed by atoms with van der Waals surface area (Å²) in [6.45, 7) is 1.95. The van der Waals surface area contributed by atoms with E-state index in [-0.39, 0.29) is 6.04 Å². The molecule has 0 aromatic carbocycles. The fourth-order valence-corrected chi connectivity index (χ4v) is 2.69. The van der Waals surface area contributed by atoms with Crippen LogP contribution in [0.3, 0.4) is 0 Å². The first-order chi connectivity index (χ1) is 6.79. The molecule has 2 atom stereocenters. The Morgan fingerprint density at radius 3 is 3.14 bits per heavy atom.